The number of carbonyl (C=O) groups is 2. The number of esters is 1. The predicted molar refractivity (Wildman–Crippen MR) is 99.7 cm³/mol. The lowest BCUT2D eigenvalue weighted by Crippen LogP contribution is -2.48. The monoisotopic (exact) mass is 383 g/mol. The Morgan fingerprint density at radius 3 is 2.27 bits per heavy atom. The van der Waals surface area contributed by atoms with Crippen LogP contribution in [0.25, 0.3) is 0 Å². The third-order valence-electron chi connectivity index (χ3n) is 4.22. The molecule has 144 valence electrons. The summed E-state index contributed by atoms with van der Waals surface area (Å²) in [7, 11) is 0. The zero-order chi connectivity index (χ0) is 19.4. The van der Waals surface area contributed by atoms with Crippen LogP contribution in [0.3, 0.4) is 0 Å². The smallest absolute Gasteiger partial charge is 0.410 e. The first kappa shape index (κ1) is 20.6. The molecule has 0 N–H and O–H groups in total. The summed E-state index contributed by atoms with van der Waals surface area (Å²) >= 11 is 4.07. The lowest BCUT2D eigenvalue weighted by Gasteiger charge is -2.41. The molecule has 0 spiro atoms. The number of nitrogens with zero attached hydrogens (tertiary/aromatic N) is 1. The molecule has 0 aliphatic carbocycles. The number of likely N-dealkylation sites (tertiary alicyclic amines) is 1. The average Bonchev–Trinajstić information content (AvgIpc) is 2.54. The van der Waals surface area contributed by atoms with Gasteiger partial charge >= 0.3 is 12.1 Å². The van der Waals surface area contributed by atoms with Crippen LogP contribution < -0.4 is 0 Å². The second kappa shape index (κ2) is 8.29. The zero-order valence-corrected chi connectivity index (χ0v) is 16.4. The maximum atomic E-state index is 13.3. The van der Waals surface area contributed by atoms with E-state index in [2.05, 4.69) is 12.6 Å². The SMILES string of the molecule is CC(C)(C)OC(=O)N1CCC(OC(=O)CCS)(c2ccc(F)cc2)CC1. The fourth-order valence-corrected chi connectivity index (χ4v) is 3.12. The highest BCUT2D eigenvalue weighted by Crippen LogP contribution is 2.37. The number of carbonyl (C=O) groups excluding carboxylic acids is 2. The minimum absolute atomic E-state index is 0.196. The summed E-state index contributed by atoms with van der Waals surface area (Å²) in [6.07, 6.45) is 0.667. The van der Waals surface area contributed by atoms with Gasteiger partial charge in [0.05, 0.1) is 6.42 Å². The average molecular weight is 383 g/mol. The van der Waals surface area contributed by atoms with Crippen LogP contribution in [0.5, 0.6) is 0 Å². The first-order valence-electron chi connectivity index (χ1n) is 8.72. The largest absolute Gasteiger partial charge is 0.454 e. The van der Waals surface area contributed by atoms with Crippen molar-refractivity contribution >= 4 is 24.7 Å². The lowest BCUT2D eigenvalue weighted by atomic mass is 9.84. The van der Waals surface area contributed by atoms with Crippen molar-refractivity contribution < 1.29 is 23.5 Å². The Balaban J connectivity index is 2.16. The van der Waals surface area contributed by atoms with E-state index in [1.165, 1.54) is 12.1 Å². The molecule has 5 nitrogen and oxygen atoms in total. The van der Waals surface area contributed by atoms with Crippen LogP contribution in [-0.4, -0.2) is 41.4 Å². The van der Waals surface area contributed by atoms with Gasteiger partial charge in [-0.3, -0.25) is 4.79 Å². The van der Waals surface area contributed by atoms with Crippen molar-refractivity contribution in [2.24, 2.45) is 0 Å². The molecule has 1 heterocycles. The molecule has 1 aliphatic heterocycles. The van der Waals surface area contributed by atoms with Crippen LogP contribution in [0.4, 0.5) is 9.18 Å². The van der Waals surface area contributed by atoms with Crippen LogP contribution in [0.2, 0.25) is 0 Å². The molecule has 0 radical (unpaired) electrons. The van der Waals surface area contributed by atoms with E-state index in [1.54, 1.807) is 17.0 Å². The first-order chi connectivity index (χ1) is 12.1. The molecule has 7 heteroatoms. The number of thiol groups is 1. The fourth-order valence-electron chi connectivity index (χ4n) is 2.94. The van der Waals surface area contributed by atoms with E-state index in [-0.39, 0.29) is 24.3 Å². The van der Waals surface area contributed by atoms with Crippen molar-refractivity contribution in [2.45, 2.75) is 51.2 Å². The second-order valence-electron chi connectivity index (χ2n) is 7.42. The summed E-state index contributed by atoms with van der Waals surface area (Å²) in [6.45, 7) is 6.23. The van der Waals surface area contributed by atoms with Crippen molar-refractivity contribution in [1.29, 1.82) is 0 Å². The van der Waals surface area contributed by atoms with Crippen LogP contribution in [0.1, 0.15) is 45.6 Å². The molecule has 1 saturated heterocycles. The van der Waals surface area contributed by atoms with Gasteiger partial charge in [-0.2, -0.15) is 12.6 Å². The fraction of sp³-hybridized carbons (Fsp3) is 0.579. The molecule has 0 unspecified atom stereocenters. The molecular weight excluding hydrogens is 357 g/mol. The molecule has 26 heavy (non-hydrogen) atoms. The van der Waals surface area contributed by atoms with Gasteiger partial charge < -0.3 is 14.4 Å². The number of halogens is 1. The number of amides is 1. The van der Waals surface area contributed by atoms with Gasteiger partial charge in [-0.25, -0.2) is 9.18 Å². The minimum Gasteiger partial charge on any atom is -0.454 e. The van der Waals surface area contributed by atoms with Crippen LogP contribution in [0, 0.1) is 5.82 Å². The molecule has 1 aromatic carbocycles. The van der Waals surface area contributed by atoms with E-state index in [4.69, 9.17) is 9.47 Å². The molecule has 1 fully saturated rings. The lowest BCUT2D eigenvalue weighted by molar-refractivity contribution is -0.166. The Kier molecular flexibility index (Phi) is 6.55. The summed E-state index contributed by atoms with van der Waals surface area (Å²) in [6, 6.07) is 5.96. The summed E-state index contributed by atoms with van der Waals surface area (Å²) in [5.74, 6) is -0.311. The first-order valence-corrected chi connectivity index (χ1v) is 9.35. The van der Waals surface area contributed by atoms with Crippen molar-refractivity contribution in [1.82, 2.24) is 4.90 Å². The van der Waals surface area contributed by atoms with Gasteiger partial charge in [-0.15, -0.1) is 0 Å². The standard InChI is InChI=1S/C19H26FNO4S/c1-18(2,3)25-17(23)21-11-9-19(10-12-21,24-16(22)8-13-26)14-4-6-15(20)7-5-14/h4-7,26H,8-13H2,1-3H3. The molecule has 1 amide bonds. The van der Waals surface area contributed by atoms with Gasteiger partial charge in [0.25, 0.3) is 0 Å². The summed E-state index contributed by atoms with van der Waals surface area (Å²) in [5, 5.41) is 0. The third-order valence-corrected chi connectivity index (χ3v) is 4.44. The Morgan fingerprint density at radius 2 is 1.77 bits per heavy atom. The molecule has 2 rings (SSSR count). The van der Waals surface area contributed by atoms with E-state index in [0.717, 1.165) is 5.56 Å². The second-order valence-corrected chi connectivity index (χ2v) is 7.86. The van der Waals surface area contributed by atoms with E-state index < -0.39 is 11.2 Å². The van der Waals surface area contributed by atoms with Crippen LogP contribution in [0.15, 0.2) is 24.3 Å². The maximum absolute atomic E-state index is 13.3. The topological polar surface area (TPSA) is 55.8 Å². The highest BCUT2D eigenvalue weighted by Gasteiger charge is 2.41. The highest BCUT2D eigenvalue weighted by molar-refractivity contribution is 7.80. The molecule has 1 aliphatic rings. The Bertz CT molecular complexity index is 634. The minimum atomic E-state index is -0.869. The number of hydrogen-bond donors (Lipinski definition) is 1. The van der Waals surface area contributed by atoms with E-state index in [1.807, 2.05) is 20.8 Å². The molecule has 0 saturated carbocycles. The van der Waals surface area contributed by atoms with Crippen molar-refractivity contribution in [2.75, 3.05) is 18.8 Å². The van der Waals surface area contributed by atoms with E-state index >= 15 is 0 Å². The van der Waals surface area contributed by atoms with Gasteiger partial charge in [-0.05, 0) is 38.5 Å². The molecule has 0 atom stereocenters. The van der Waals surface area contributed by atoms with Gasteiger partial charge in [0, 0.05) is 31.7 Å². The highest BCUT2D eigenvalue weighted by atomic mass is 32.1. The summed E-state index contributed by atoms with van der Waals surface area (Å²) in [4.78, 5) is 26.0. The van der Waals surface area contributed by atoms with Gasteiger partial charge in [0.2, 0.25) is 0 Å². The molecule has 0 bridgehead atoms. The number of ether oxygens (including phenoxy) is 2. The Hall–Kier alpha value is -1.76. The predicted octanol–water partition coefficient (Wildman–Crippen LogP) is 3.92. The summed E-state index contributed by atoms with van der Waals surface area (Å²) in [5.41, 5.74) is -0.705. The van der Waals surface area contributed by atoms with Crippen molar-refractivity contribution in [3.63, 3.8) is 0 Å². The maximum Gasteiger partial charge on any atom is 0.410 e. The Labute approximate surface area is 159 Å². The van der Waals surface area contributed by atoms with Crippen molar-refractivity contribution in [3.05, 3.63) is 35.6 Å². The molecule has 1 aromatic rings. The van der Waals surface area contributed by atoms with Crippen LogP contribution >= 0.6 is 12.6 Å². The summed E-state index contributed by atoms with van der Waals surface area (Å²) < 4.78 is 24.5. The van der Waals surface area contributed by atoms with Crippen molar-refractivity contribution in [3.8, 4) is 0 Å². The number of piperidine rings is 1. The number of hydrogen-bond acceptors (Lipinski definition) is 5. The zero-order valence-electron chi connectivity index (χ0n) is 15.5. The van der Waals surface area contributed by atoms with E-state index in [9.17, 15) is 14.0 Å². The number of rotatable bonds is 4. The normalized spacial score (nSPS) is 16.9. The van der Waals surface area contributed by atoms with Crippen LogP contribution in [-0.2, 0) is 19.9 Å². The van der Waals surface area contributed by atoms with Gasteiger partial charge in [0.1, 0.15) is 17.0 Å². The Morgan fingerprint density at radius 1 is 1.19 bits per heavy atom. The quantitative estimate of drug-likeness (QED) is 0.633. The molecular formula is C19H26FNO4S. The van der Waals surface area contributed by atoms with Gasteiger partial charge in [0.15, 0.2) is 0 Å². The molecule has 0 aromatic heterocycles. The number of benzene rings is 1. The third kappa shape index (κ3) is 5.37. The van der Waals surface area contributed by atoms with Gasteiger partial charge in [-0.1, -0.05) is 12.1 Å². The van der Waals surface area contributed by atoms with E-state index in [0.29, 0.717) is 31.7 Å².